The molecule has 0 radical (unpaired) electrons. The molecule has 0 bridgehead atoms. The molecule has 4 rings (SSSR count). The molecule has 3 saturated heterocycles. The first-order valence-electron chi connectivity index (χ1n) is 13.7. The Balaban J connectivity index is 0.000000413. The van der Waals surface area contributed by atoms with Crippen molar-refractivity contribution in [2.45, 2.75) is 75.4 Å². The second-order valence-corrected chi connectivity index (χ2v) is 10.3. The highest BCUT2D eigenvalue weighted by molar-refractivity contribution is 5.73. The molecule has 3 N–H and O–H groups in total. The lowest BCUT2D eigenvalue weighted by molar-refractivity contribution is -0.193. The van der Waals surface area contributed by atoms with Crippen molar-refractivity contribution < 1.29 is 78.7 Å². The maximum absolute atomic E-state index is 10.6. The Kier molecular flexibility index (Phi) is 16.2. The molecule has 4 heterocycles. The SMILES string of the molecule is Cn1cc(CN2CC[C@@H]3O[C@H](COCCN4CCCC4)CC[C@@H]32)cn1.O=C(O)C(F)(F)F.O=C(O)C(F)(F)F.O=C(O)C(F)(F)F. The van der Waals surface area contributed by atoms with Crippen molar-refractivity contribution in [3.63, 3.8) is 0 Å². The van der Waals surface area contributed by atoms with Crippen LogP contribution < -0.4 is 0 Å². The fraction of sp³-hybridized carbons (Fsp3) is 0.760. The van der Waals surface area contributed by atoms with Crippen molar-refractivity contribution in [2.24, 2.45) is 7.05 Å². The van der Waals surface area contributed by atoms with Gasteiger partial charge in [-0.2, -0.15) is 44.6 Å². The van der Waals surface area contributed by atoms with Crippen molar-refractivity contribution in [2.75, 3.05) is 39.4 Å². The Morgan fingerprint density at radius 2 is 1.37 bits per heavy atom. The Labute approximate surface area is 256 Å². The van der Waals surface area contributed by atoms with Gasteiger partial charge in [0.05, 0.1) is 31.6 Å². The lowest BCUT2D eigenvalue weighted by atomic mass is 9.99. The number of likely N-dealkylation sites (tertiary alicyclic amines) is 2. The predicted octanol–water partition coefficient (Wildman–Crippen LogP) is 3.55. The summed E-state index contributed by atoms with van der Waals surface area (Å²) >= 11 is 0. The molecule has 1 aromatic heterocycles. The summed E-state index contributed by atoms with van der Waals surface area (Å²) in [7, 11) is 1.98. The molecule has 0 saturated carbocycles. The van der Waals surface area contributed by atoms with Gasteiger partial charge >= 0.3 is 36.4 Å². The van der Waals surface area contributed by atoms with E-state index in [1.807, 2.05) is 17.9 Å². The zero-order chi connectivity index (χ0) is 35.3. The number of ether oxygens (including phenoxy) is 2. The number of carboxylic acids is 3. The average molecular weight is 691 g/mol. The highest BCUT2D eigenvalue weighted by Crippen LogP contribution is 2.32. The maximum atomic E-state index is 10.6. The van der Waals surface area contributed by atoms with Crippen LogP contribution in [-0.4, -0.2) is 129 Å². The van der Waals surface area contributed by atoms with E-state index in [0.29, 0.717) is 12.1 Å². The number of carboxylic acid groups (broad SMARTS) is 3. The van der Waals surface area contributed by atoms with E-state index >= 15 is 0 Å². The summed E-state index contributed by atoms with van der Waals surface area (Å²) in [6, 6.07) is 0.570. The van der Waals surface area contributed by atoms with Gasteiger partial charge in [0, 0.05) is 44.5 Å². The fourth-order valence-electron chi connectivity index (χ4n) is 4.61. The van der Waals surface area contributed by atoms with Crippen LogP contribution in [0.5, 0.6) is 0 Å². The quantitative estimate of drug-likeness (QED) is 0.284. The Hall–Kier alpha value is -3.17. The van der Waals surface area contributed by atoms with Gasteiger partial charge in [-0.3, -0.25) is 9.58 Å². The second-order valence-electron chi connectivity index (χ2n) is 10.3. The summed E-state index contributed by atoms with van der Waals surface area (Å²) in [4.78, 5) is 31.8. The fourth-order valence-corrected chi connectivity index (χ4v) is 4.61. The Bertz CT molecular complexity index is 1040. The zero-order valence-corrected chi connectivity index (χ0v) is 24.4. The number of aliphatic carboxylic acids is 3. The lowest BCUT2D eigenvalue weighted by Gasteiger charge is -2.36. The summed E-state index contributed by atoms with van der Waals surface area (Å²) in [5.41, 5.74) is 1.30. The monoisotopic (exact) mass is 690 g/mol. The average Bonchev–Trinajstić information content (AvgIpc) is 3.68. The maximum Gasteiger partial charge on any atom is 0.490 e. The summed E-state index contributed by atoms with van der Waals surface area (Å²) < 4.78 is 109. The number of hydrogen-bond donors (Lipinski definition) is 3. The zero-order valence-electron chi connectivity index (χ0n) is 24.4. The molecular formula is C25H35F9N4O8. The van der Waals surface area contributed by atoms with E-state index in [0.717, 1.165) is 45.7 Å². The summed E-state index contributed by atoms with van der Waals surface area (Å²) in [6.07, 6.45) is -4.28. The number of nitrogens with zero attached hydrogens (tertiary/aromatic N) is 4. The molecule has 0 spiro atoms. The van der Waals surface area contributed by atoms with E-state index in [-0.39, 0.29) is 6.10 Å². The minimum Gasteiger partial charge on any atom is -0.475 e. The van der Waals surface area contributed by atoms with Crippen molar-refractivity contribution in [1.82, 2.24) is 19.6 Å². The second kappa shape index (κ2) is 18.2. The summed E-state index contributed by atoms with van der Waals surface area (Å²) in [5, 5.41) is 25.7. The van der Waals surface area contributed by atoms with Crippen LogP contribution in [0.1, 0.15) is 37.7 Å². The molecule has 3 aliphatic heterocycles. The van der Waals surface area contributed by atoms with Crippen LogP contribution in [0, 0.1) is 0 Å². The molecule has 1 aromatic rings. The number of carbonyl (C=O) groups is 3. The molecule has 3 atom stereocenters. The number of aryl methyl sites for hydroxylation is 1. The van der Waals surface area contributed by atoms with E-state index in [1.165, 1.54) is 37.9 Å². The smallest absolute Gasteiger partial charge is 0.475 e. The van der Waals surface area contributed by atoms with Crippen LogP contribution in [0.2, 0.25) is 0 Å². The first kappa shape index (κ1) is 40.9. The van der Waals surface area contributed by atoms with Crippen molar-refractivity contribution in [3.8, 4) is 0 Å². The number of hydrogen-bond acceptors (Lipinski definition) is 8. The minimum absolute atomic E-state index is 0.290. The van der Waals surface area contributed by atoms with E-state index in [2.05, 4.69) is 21.1 Å². The molecule has 0 unspecified atom stereocenters. The lowest BCUT2D eigenvalue weighted by Crippen LogP contribution is -2.43. The van der Waals surface area contributed by atoms with Gasteiger partial charge in [0.15, 0.2) is 0 Å². The predicted molar refractivity (Wildman–Crippen MR) is 137 cm³/mol. The van der Waals surface area contributed by atoms with Gasteiger partial charge in [-0.25, -0.2) is 14.4 Å². The van der Waals surface area contributed by atoms with Gasteiger partial charge in [-0.05, 0) is 45.2 Å². The van der Waals surface area contributed by atoms with Crippen molar-refractivity contribution >= 4 is 17.9 Å². The van der Waals surface area contributed by atoms with Crippen LogP contribution in [0.3, 0.4) is 0 Å². The van der Waals surface area contributed by atoms with E-state index in [1.54, 1.807) is 0 Å². The van der Waals surface area contributed by atoms with E-state index in [9.17, 15) is 39.5 Å². The molecule has 12 nitrogen and oxygen atoms in total. The number of alkyl halides is 9. The molecule has 46 heavy (non-hydrogen) atoms. The van der Waals surface area contributed by atoms with E-state index in [4.69, 9.17) is 39.2 Å². The van der Waals surface area contributed by atoms with E-state index < -0.39 is 36.4 Å². The first-order valence-corrected chi connectivity index (χ1v) is 13.7. The third-order valence-corrected chi connectivity index (χ3v) is 6.68. The van der Waals surface area contributed by atoms with Crippen molar-refractivity contribution in [1.29, 1.82) is 0 Å². The highest BCUT2D eigenvalue weighted by Gasteiger charge is 2.41. The highest BCUT2D eigenvalue weighted by atomic mass is 19.4. The topological polar surface area (TPSA) is 155 Å². The minimum atomic E-state index is -5.08. The summed E-state index contributed by atoms with van der Waals surface area (Å²) in [6.45, 7) is 7.32. The molecule has 266 valence electrons. The van der Waals surface area contributed by atoms with Gasteiger partial charge in [0.2, 0.25) is 0 Å². The number of rotatable bonds is 7. The Morgan fingerprint density at radius 1 is 0.870 bits per heavy atom. The third-order valence-electron chi connectivity index (χ3n) is 6.68. The number of aromatic nitrogens is 2. The summed E-state index contributed by atoms with van der Waals surface area (Å²) in [5.74, 6) is -8.27. The molecule has 3 fully saturated rings. The molecule has 0 amide bonds. The standard InChI is InChI=1S/C19H32N4O2.3C2HF3O2/c1-21-13-16(12-20-21)14-23-9-6-19-18(23)5-4-17(25-19)15-24-11-10-22-7-2-3-8-22;3*3-2(4,5)1(6)7/h12-13,17-19H,2-11,14-15H2,1H3;3*(H,6,7)/t17-,18-,19-;;;/m0.../s1. The van der Waals surface area contributed by atoms with Gasteiger partial charge in [-0.1, -0.05) is 0 Å². The van der Waals surface area contributed by atoms with Crippen LogP contribution in [0.4, 0.5) is 39.5 Å². The third kappa shape index (κ3) is 15.9. The molecule has 21 heteroatoms. The normalized spacial score (nSPS) is 21.9. The van der Waals surface area contributed by atoms with Crippen LogP contribution in [0.25, 0.3) is 0 Å². The van der Waals surface area contributed by atoms with Crippen molar-refractivity contribution in [3.05, 3.63) is 18.0 Å². The number of fused-ring (bicyclic) bond motifs is 1. The van der Waals surface area contributed by atoms with Crippen LogP contribution in [0.15, 0.2) is 12.4 Å². The number of halogens is 9. The largest absolute Gasteiger partial charge is 0.490 e. The molecular weight excluding hydrogens is 655 g/mol. The Morgan fingerprint density at radius 3 is 1.80 bits per heavy atom. The molecule has 0 aromatic carbocycles. The van der Waals surface area contributed by atoms with Crippen LogP contribution in [-0.2, 0) is 37.4 Å². The van der Waals surface area contributed by atoms with Crippen LogP contribution >= 0.6 is 0 Å². The molecule has 0 aliphatic carbocycles. The molecule has 3 aliphatic rings. The van der Waals surface area contributed by atoms with Gasteiger partial charge in [0.1, 0.15) is 0 Å². The van der Waals surface area contributed by atoms with Gasteiger partial charge in [-0.15, -0.1) is 0 Å². The van der Waals surface area contributed by atoms with Gasteiger partial charge < -0.3 is 29.7 Å². The first-order chi connectivity index (χ1) is 21.1. The van der Waals surface area contributed by atoms with Gasteiger partial charge in [0.25, 0.3) is 0 Å².